The van der Waals surface area contributed by atoms with Gasteiger partial charge in [0.2, 0.25) is 10.0 Å². The van der Waals surface area contributed by atoms with E-state index in [0.29, 0.717) is 22.0 Å². The summed E-state index contributed by atoms with van der Waals surface area (Å²) in [6.07, 6.45) is 0.00447. The number of hydrogen-bond donors (Lipinski definition) is 1. The highest BCUT2D eigenvalue weighted by molar-refractivity contribution is 7.89. The standard InChI is InChI=1S/C19H23Cl2NO4S/c1-12-6-8-16(9-15(12)10-17(25-3)26-4)27(23,24)22-11-14-7-5-13(2)18(20)19(14)21/h5-9,17,22H,10-11H2,1-4H3. The molecule has 0 radical (unpaired) electrons. The zero-order valence-electron chi connectivity index (χ0n) is 15.7. The summed E-state index contributed by atoms with van der Waals surface area (Å²) >= 11 is 12.3. The molecule has 0 atom stereocenters. The summed E-state index contributed by atoms with van der Waals surface area (Å²) in [7, 11) is -0.633. The lowest BCUT2D eigenvalue weighted by Gasteiger charge is -2.16. The second-order valence-corrected chi connectivity index (χ2v) is 8.71. The van der Waals surface area contributed by atoms with E-state index in [0.717, 1.165) is 16.7 Å². The van der Waals surface area contributed by atoms with Gasteiger partial charge in [-0.3, -0.25) is 0 Å². The minimum absolute atomic E-state index is 0.0448. The van der Waals surface area contributed by atoms with Crippen molar-refractivity contribution in [1.82, 2.24) is 4.72 Å². The van der Waals surface area contributed by atoms with E-state index >= 15 is 0 Å². The van der Waals surface area contributed by atoms with Crippen molar-refractivity contribution < 1.29 is 17.9 Å². The van der Waals surface area contributed by atoms with Crippen LogP contribution in [0.5, 0.6) is 0 Å². The molecule has 0 bridgehead atoms. The summed E-state index contributed by atoms with van der Waals surface area (Å²) in [6, 6.07) is 8.53. The predicted molar refractivity (Wildman–Crippen MR) is 108 cm³/mol. The number of benzene rings is 2. The Hall–Kier alpha value is -1.15. The third-order valence-corrected chi connectivity index (χ3v) is 6.77. The number of hydrogen-bond acceptors (Lipinski definition) is 4. The minimum atomic E-state index is -3.72. The molecule has 27 heavy (non-hydrogen) atoms. The molecule has 5 nitrogen and oxygen atoms in total. The number of ether oxygens (including phenoxy) is 2. The van der Waals surface area contributed by atoms with Crippen molar-refractivity contribution in [3.63, 3.8) is 0 Å². The molecule has 0 saturated carbocycles. The van der Waals surface area contributed by atoms with E-state index in [1.165, 1.54) is 0 Å². The zero-order valence-corrected chi connectivity index (χ0v) is 18.0. The molecule has 0 aromatic heterocycles. The second kappa shape index (κ2) is 9.37. The molecule has 2 aromatic carbocycles. The third-order valence-electron chi connectivity index (χ3n) is 4.35. The molecule has 0 aliphatic rings. The van der Waals surface area contributed by atoms with Gasteiger partial charge in [-0.25, -0.2) is 13.1 Å². The van der Waals surface area contributed by atoms with Crippen molar-refractivity contribution >= 4 is 33.2 Å². The van der Waals surface area contributed by atoms with Gasteiger partial charge in [0.15, 0.2) is 6.29 Å². The summed E-state index contributed by atoms with van der Waals surface area (Å²) < 4.78 is 38.4. The SMILES string of the molecule is COC(Cc1cc(S(=O)(=O)NCc2ccc(C)c(Cl)c2Cl)ccc1C)OC. The van der Waals surface area contributed by atoms with Crippen LogP contribution in [-0.4, -0.2) is 28.9 Å². The van der Waals surface area contributed by atoms with E-state index in [4.69, 9.17) is 32.7 Å². The smallest absolute Gasteiger partial charge is 0.240 e. The summed E-state index contributed by atoms with van der Waals surface area (Å²) in [4.78, 5) is 0.170. The van der Waals surface area contributed by atoms with E-state index in [-0.39, 0.29) is 11.4 Å². The van der Waals surface area contributed by atoms with Gasteiger partial charge in [0.05, 0.1) is 14.9 Å². The molecule has 0 aliphatic carbocycles. The van der Waals surface area contributed by atoms with Crippen LogP contribution >= 0.6 is 23.2 Å². The molecule has 148 valence electrons. The van der Waals surface area contributed by atoms with Crippen LogP contribution in [0.25, 0.3) is 0 Å². The van der Waals surface area contributed by atoms with Gasteiger partial charge in [0.1, 0.15) is 0 Å². The Morgan fingerprint density at radius 1 is 0.963 bits per heavy atom. The topological polar surface area (TPSA) is 64.6 Å². The molecule has 0 saturated heterocycles. The average molecular weight is 432 g/mol. The Balaban J connectivity index is 2.23. The highest BCUT2D eigenvalue weighted by Crippen LogP contribution is 2.29. The van der Waals surface area contributed by atoms with Gasteiger partial charge in [-0.2, -0.15) is 0 Å². The molecular weight excluding hydrogens is 409 g/mol. The number of rotatable bonds is 8. The Morgan fingerprint density at radius 2 is 1.59 bits per heavy atom. The fourth-order valence-corrected chi connectivity index (χ4v) is 4.08. The first kappa shape index (κ1) is 22.1. The molecule has 2 aromatic rings. The van der Waals surface area contributed by atoms with Crippen LogP contribution in [0.3, 0.4) is 0 Å². The van der Waals surface area contributed by atoms with Crippen molar-refractivity contribution in [3.8, 4) is 0 Å². The predicted octanol–water partition coefficient (Wildman–Crippen LogP) is 4.25. The first-order valence-electron chi connectivity index (χ1n) is 8.28. The molecular formula is C19H23Cl2NO4S. The fraction of sp³-hybridized carbons (Fsp3) is 0.368. The molecule has 0 aliphatic heterocycles. The van der Waals surface area contributed by atoms with E-state index in [1.54, 1.807) is 44.6 Å². The van der Waals surface area contributed by atoms with E-state index < -0.39 is 16.3 Å². The molecule has 0 amide bonds. The number of aryl methyl sites for hydroxylation is 2. The third kappa shape index (κ3) is 5.44. The maximum atomic E-state index is 12.7. The average Bonchev–Trinajstić information content (AvgIpc) is 2.64. The van der Waals surface area contributed by atoms with Crippen molar-refractivity contribution in [3.05, 3.63) is 62.6 Å². The van der Waals surface area contributed by atoms with Crippen molar-refractivity contribution in [2.24, 2.45) is 0 Å². The first-order valence-corrected chi connectivity index (χ1v) is 10.5. The molecule has 1 N–H and O–H groups in total. The van der Waals surface area contributed by atoms with E-state index in [1.807, 2.05) is 13.8 Å². The van der Waals surface area contributed by atoms with Gasteiger partial charge >= 0.3 is 0 Å². The minimum Gasteiger partial charge on any atom is -0.356 e. The van der Waals surface area contributed by atoms with Crippen LogP contribution in [0.2, 0.25) is 10.0 Å². The van der Waals surface area contributed by atoms with Crippen LogP contribution in [0.1, 0.15) is 22.3 Å². The van der Waals surface area contributed by atoms with Crippen LogP contribution in [0.15, 0.2) is 35.2 Å². The van der Waals surface area contributed by atoms with Crippen LogP contribution in [0.4, 0.5) is 0 Å². The molecule has 0 fully saturated rings. The van der Waals surface area contributed by atoms with Gasteiger partial charge in [-0.1, -0.05) is 41.4 Å². The molecule has 0 spiro atoms. The van der Waals surface area contributed by atoms with Crippen molar-refractivity contribution in [2.45, 2.75) is 38.0 Å². The zero-order chi connectivity index (χ0) is 20.2. The normalized spacial score (nSPS) is 12.0. The monoisotopic (exact) mass is 431 g/mol. The maximum Gasteiger partial charge on any atom is 0.240 e. The van der Waals surface area contributed by atoms with Gasteiger partial charge in [-0.15, -0.1) is 0 Å². The number of methoxy groups -OCH3 is 2. The summed E-state index contributed by atoms with van der Waals surface area (Å²) in [5, 5.41) is 0.781. The number of halogens is 2. The Bertz CT molecular complexity index is 912. The molecule has 2 rings (SSSR count). The van der Waals surface area contributed by atoms with E-state index in [2.05, 4.69) is 4.72 Å². The Morgan fingerprint density at radius 3 is 2.22 bits per heavy atom. The lowest BCUT2D eigenvalue weighted by molar-refractivity contribution is -0.100. The fourth-order valence-electron chi connectivity index (χ4n) is 2.56. The summed E-state index contributed by atoms with van der Waals surface area (Å²) in [5.74, 6) is 0. The van der Waals surface area contributed by atoms with Gasteiger partial charge in [0.25, 0.3) is 0 Å². The number of nitrogens with one attached hydrogen (secondary N) is 1. The summed E-state index contributed by atoms with van der Waals surface area (Å²) in [5.41, 5.74) is 3.24. The lowest BCUT2D eigenvalue weighted by Crippen LogP contribution is -2.24. The van der Waals surface area contributed by atoms with Crippen LogP contribution in [-0.2, 0) is 32.5 Å². The Labute approximate surface area is 170 Å². The van der Waals surface area contributed by atoms with Crippen LogP contribution in [0, 0.1) is 13.8 Å². The lowest BCUT2D eigenvalue weighted by atomic mass is 10.1. The maximum absolute atomic E-state index is 12.7. The number of sulfonamides is 1. The largest absolute Gasteiger partial charge is 0.356 e. The second-order valence-electron chi connectivity index (χ2n) is 6.19. The highest BCUT2D eigenvalue weighted by Gasteiger charge is 2.18. The first-order chi connectivity index (χ1) is 12.7. The summed E-state index contributed by atoms with van der Waals surface area (Å²) in [6.45, 7) is 3.79. The molecule has 0 heterocycles. The van der Waals surface area contributed by atoms with Crippen molar-refractivity contribution in [2.75, 3.05) is 14.2 Å². The van der Waals surface area contributed by atoms with Crippen LogP contribution < -0.4 is 4.72 Å². The van der Waals surface area contributed by atoms with Gasteiger partial charge in [-0.05, 0) is 48.2 Å². The molecule has 0 unspecified atom stereocenters. The molecule has 8 heteroatoms. The Kier molecular flexibility index (Phi) is 7.68. The van der Waals surface area contributed by atoms with E-state index in [9.17, 15) is 8.42 Å². The highest BCUT2D eigenvalue weighted by atomic mass is 35.5. The quantitative estimate of drug-likeness (QED) is 0.634. The van der Waals surface area contributed by atoms with Crippen molar-refractivity contribution in [1.29, 1.82) is 0 Å². The van der Waals surface area contributed by atoms with Gasteiger partial charge < -0.3 is 9.47 Å². The van der Waals surface area contributed by atoms with Gasteiger partial charge in [0, 0.05) is 27.2 Å².